The van der Waals surface area contributed by atoms with Crippen LogP contribution in [0.4, 0.5) is 19.0 Å². The third-order valence-corrected chi connectivity index (χ3v) is 5.54. The van der Waals surface area contributed by atoms with Gasteiger partial charge < -0.3 is 11.1 Å². The molecule has 2 aromatic heterocycles. The molecule has 0 radical (unpaired) electrons. The lowest BCUT2D eigenvalue weighted by molar-refractivity contribution is 0.0164. The van der Waals surface area contributed by atoms with Crippen LogP contribution in [-0.4, -0.2) is 20.9 Å². The lowest BCUT2D eigenvalue weighted by atomic mass is 10.0. The van der Waals surface area contributed by atoms with Crippen molar-refractivity contribution in [1.82, 2.24) is 20.3 Å². The molecule has 0 saturated carbocycles. The van der Waals surface area contributed by atoms with E-state index in [-0.39, 0.29) is 29.2 Å². The van der Waals surface area contributed by atoms with Gasteiger partial charge in [-0.1, -0.05) is 24.3 Å². The lowest BCUT2D eigenvalue weighted by Crippen LogP contribution is -2.27. The molecule has 9 heteroatoms. The van der Waals surface area contributed by atoms with E-state index in [1.54, 1.807) is 30.3 Å². The lowest BCUT2D eigenvalue weighted by Gasteiger charge is -2.17. The molecule has 184 valence electrons. The van der Waals surface area contributed by atoms with Crippen LogP contribution in [0, 0.1) is 19.7 Å². The van der Waals surface area contributed by atoms with Gasteiger partial charge in [-0.3, -0.25) is 9.78 Å². The fourth-order valence-corrected chi connectivity index (χ4v) is 3.96. The first kappa shape index (κ1) is 24.8. The molecule has 4 aromatic rings. The summed E-state index contributed by atoms with van der Waals surface area (Å²) in [6.07, 6.45) is 0. The summed E-state index contributed by atoms with van der Waals surface area (Å²) in [6, 6.07) is 15.2. The van der Waals surface area contributed by atoms with Gasteiger partial charge in [0, 0.05) is 41.5 Å². The van der Waals surface area contributed by atoms with Crippen LogP contribution in [0.2, 0.25) is 0 Å². The first-order chi connectivity index (χ1) is 17.0. The average Bonchev–Trinajstić information content (AvgIpc) is 2.82. The number of nitrogen functional groups attached to an aromatic ring is 1. The van der Waals surface area contributed by atoms with Gasteiger partial charge in [-0.05, 0) is 55.8 Å². The number of hydrogen-bond donors (Lipinski definition) is 2. The fourth-order valence-electron chi connectivity index (χ4n) is 3.96. The average molecular weight is 492 g/mol. The first-order valence-corrected chi connectivity index (χ1v) is 11.2. The van der Waals surface area contributed by atoms with E-state index in [4.69, 9.17) is 5.73 Å². The predicted octanol–water partition coefficient (Wildman–Crippen LogP) is 5.59. The van der Waals surface area contributed by atoms with Crippen LogP contribution in [0.5, 0.6) is 0 Å². The number of carbonyl (C=O) groups is 1. The zero-order valence-corrected chi connectivity index (χ0v) is 19.9. The summed E-state index contributed by atoms with van der Waals surface area (Å²) in [5.41, 5.74) is 9.46. The van der Waals surface area contributed by atoms with Gasteiger partial charge in [0.25, 0.3) is 11.8 Å². The van der Waals surface area contributed by atoms with Crippen molar-refractivity contribution in [3.8, 4) is 22.5 Å². The number of rotatable bonds is 6. The Bertz CT molecular complexity index is 1410. The highest BCUT2D eigenvalue weighted by Crippen LogP contribution is 2.32. The highest BCUT2D eigenvalue weighted by Gasteiger charge is 2.27. The molecule has 3 N–H and O–H groups in total. The van der Waals surface area contributed by atoms with Gasteiger partial charge in [-0.15, -0.1) is 0 Å². The number of benzene rings is 2. The Kier molecular flexibility index (Phi) is 6.74. The minimum atomic E-state index is -3.07. The SMILES string of the molecule is Cc1cc(-c2nc(C(=O)NCc3ccccc3C(C)(F)F)c(N)nc2-c2ccc(F)cc2)cc(C)n1. The van der Waals surface area contributed by atoms with Crippen molar-refractivity contribution < 1.29 is 18.0 Å². The van der Waals surface area contributed by atoms with Crippen LogP contribution in [0.15, 0.2) is 60.7 Å². The van der Waals surface area contributed by atoms with Crippen molar-refractivity contribution in [2.45, 2.75) is 33.2 Å². The maximum atomic E-state index is 14.0. The zero-order chi connectivity index (χ0) is 26.0. The smallest absolute Gasteiger partial charge is 0.274 e. The Hall–Kier alpha value is -4.27. The first-order valence-electron chi connectivity index (χ1n) is 11.2. The molecule has 1 amide bonds. The minimum Gasteiger partial charge on any atom is -0.382 e. The van der Waals surface area contributed by atoms with Gasteiger partial charge >= 0.3 is 0 Å². The van der Waals surface area contributed by atoms with Gasteiger partial charge in [-0.2, -0.15) is 0 Å². The topological polar surface area (TPSA) is 93.8 Å². The monoisotopic (exact) mass is 491 g/mol. The Morgan fingerprint density at radius 2 is 1.53 bits per heavy atom. The summed E-state index contributed by atoms with van der Waals surface area (Å²) < 4.78 is 41.5. The third kappa shape index (κ3) is 5.35. The molecule has 0 atom stereocenters. The second kappa shape index (κ2) is 9.77. The molecule has 36 heavy (non-hydrogen) atoms. The molecule has 2 aromatic carbocycles. The maximum Gasteiger partial charge on any atom is 0.274 e. The van der Waals surface area contributed by atoms with Crippen LogP contribution in [0.25, 0.3) is 22.5 Å². The predicted molar refractivity (Wildman–Crippen MR) is 132 cm³/mol. The Labute approximate surface area is 206 Å². The summed E-state index contributed by atoms with van der Waals surface area (Å²) in [6.45, 7) is 4.30. The number of hydrogen-bond acceptors (Lipinski definition) is 5. The van der Waals surface area contributed by atoms with Crippen LogP contribution in [-0.2, 0) is 12.5 Å². The number of aryl methyl sites for hydroxylation is 2. The number of nitrogens with zero attached hydrogens (tertiary/aromatic N) is 3. The Morgan fingerprint density at radius 1 is 0.917 bits per heavy atom. The number of carbonyl (C=O) groups excluding carboxylic acids is 1. The van der Waals surface area contributed by atoms with Gasteiger partial charge in [0.2, 0.25) is 0 Å². The molecular formula is C27H24F3N5O. The number of nitrogens with one attached hydrogen (secondary N) is 1. The van der Waals surface area contributed by atoms with Crippen molar-refractivity contribution in [2.24, 2.45) is 0 Å². The third-order valence-electron chi connectivity index (χ3n) is 5.54. The number of alkyl halides is 2. The molecule has 0 unspecified atom stereocenters. The molecule has 0 fully saturated rings. The molecule has 6 nitrogen and oxygen atoms in total. The van der Waals surface area contributed by atoms with Crippen LogP contribution < -0.4 is 11.1 Å². The highest BCUT2D eigenvalue weighted by molar-refractivity contribution is 5.98. The van der Waals surface area contributed by atoms with E-state index >= 15 is 0 Å². The van der Waals surface area contributed by atoms with E-state index in [0.29, 0.717) is 22.5 Å². The van der Waals surface area contributed by atoms with Crippen molar-refractivity contribution in [3.05, 3.63) is 94.7 Å². The summed E-state index contributed by atoms with van der Waals surface area (Å²) >= 11 is 0. The van der Waals surface area contributed by atoms with Crippen molar-refractivity contribution >= 4 is 11.7 Å². The molecule has 0 aliphatic carbocycles. The minimum absolute atomic E-state index is 0.146. The van der Waals surface area contributed by atoms with E-state index in [9.17, 15) is 18.0 Å². The number of pyridine rings is 1. The molecule has 2 heterocycles. The van der Waals surface area contributed by atoms with Crippen molar-refractivity contribution in [1.29, 1.82) is 0 Å². The van der Waals surface area contributed by atoms with Gasteiger partial charge in [0.05, 0.1) is 11.4 Å². The van der Waals surface area contributed by atoms with E-state index in [1.807, 2.05) is 13.8 Å². The van der Waals surface area contributed by atoms with Crippen LogP contribution >= 0.6 is 0 Å². The van der Waals surface area contributed by atoms with Crippen LogP contribution in [0.1, 0.15) is 39.9 Å². The summed E-state index contributed by atoms with van der Waals surface area (Å²) in [7, 11) is 0. The second-order valence-electron chi connectivity index (χ2n) is 8.53. The maximum absolute atomic E-state index is 14.0. The molecule has 0 spiro atoms. The quantitative estimate of drug-likeness (QED) is 0.367. The normalized spacial score (nSPS) is 11.4. The Balaban J connectivity index is 1.75. The van der Waals surface area contributed by atoms with E-state index < -0.39 is 17.6 Å². The largest absolute Gasteiger partial charge is 0.382 e. The van der Waals surface area contributed by atoms with E-state index in [2.05, 4.69) is 20.3 Å². The summed E-state index contributed by atoms with van der Waals surface area (Å²) in [5, 5.41) is 2.62. The van der Waals surface area contributed by atoms with Gasteiger partial charge in [0.1, 0.15) is 5.82 Å². The van der Waals surface area contributed by atoms with Crippen molar-refractivity contribution in [3.63, 3.8) is 0 Å². The number of aromatic nitrogens is 3. The number of amides is 1. The molecule has 0 saturated heterocycles. The van der Waals surface area contributed by atoms with Gasteiger partial charge in [-0.25, -0.2) is 23.1 Å². The fraction of sp³-hybridized carbons (Fsp3) is 0.185. The second-order valence-corrected chi connectivity index (χ2v) is 8.53. The van der Waals surface area contributed by atoms with Gasteiger partial charge in [0.15, 0.2) is 11.5 Å². The van der Waals surface area contributed by atoms with E-state index in [0.717, 1.165) is 18.3 Å². The molecule has 0 aliphatic rings. The Morgan fingerprint density at radius 3 is 2.17 bits per heavy atom. The molecule has 0 aliphatic heterocycles. The summed E-state index contributed by atoms with van der Waals surface area (Å²) in [4.78, 5) is 26.4. The number of halogens is 3. The number of nitrogens with two attached hydrogens (primary N) is 1. The molecular weight excluding hydrogens is 467 g/mol. The highest BCUT2D eigenvalue weighted by atomic mass is 19.3. The van der Waals surface area contributed by atoms with E-state index in [1.165, 1.54) is 30.3 Å². The standard InChI is InChI=1S/C27H24F3N5O/c1-15-12-19(13-16(2)33-15)23-22(17-8-10-20(28)11-9-17)35-25(31)24(34-23)26(36)32-14-18-6-4-5-7-21(18)27(3,29)30/h4-13H,14H2,1-3H3,(H2,31,35)(H,32,36). The van der Waals surface area contributed by atoms with Crippen molar-refractivity contribution in [2.75, 3.05) is 5.73 Å². The van der Waals surface area contributed by atoms with Crippen LogP contribution in [0.3, 0.4) is 0 Å². The zero-order valence-electron chi connectivity index (χ0n) is 19.9. The molecule has 4 rings (SSSR count). The number of anilines is 1. The summed E-state index contributed by atoms with van der Waals surface area (Å²) in [5.74, 6) is -4.29. The molecule has 0 bridgehead atoms.